The van der Waals surface area contributed by atoms with Crippen LogP contribution in [0.4, 0.5) is 5.69 Å². The number of ether oxygens (including phenoxy) is 1. The van der Waals surface area contributed by atoms with Gasteiger partial charge in [-0.05, 0) is 30.7 Å². The zero-order valence-electron chi connectivity index (χ0n) is 14.7. The molecule has 1 saturated heterocycles. The van der Waals surface area contributed by atoms with Crippen molar-refractivity contribution in [2.45, 2.75) is 6.42 Å². The monoisotopic (exact) mass is 351 g/mol. The third-order valence-electron chi connectivity index (χ3n) is 4.58. The molecule has 0 atom stereocenters. The molecule has 1 aliphatic rings. The summed E-state index contributed by atoms with van der Waals surface area (Å²) in [5.74, 6) is 0.236. The molecule has 0 radical (unpaired) electrons. The minimum atomic E-state index is -0.194. The van der Waals surface area contributed by atoms with Crippen molar-refractivity contribution in [3.63, 3.8) is 0 Å². The average Bonchev–Trinajstić information content (AvgIpc) is 2.93. The molecule has 2 aromatic rings. The molecule has 134 valence electrons. The Morgan fingerprint density at radius 1 is 1.15 bits per heavy atom. The number of hydrogen-bond donors (Lipinski definition) is 1. The van der Waals surface area contributed by atoms with Gasteiger partial charge in [0.15, 0.2) is 0 Å². The number of amides is 1. The van der Waals surface area contributed by atoms with Gasteiger partial charge in [0.05, 0.1) is 23.9 Å². The third-order valence-corrected chi connectivity index (χ3v) is 4.58. The second-order valence-electron chi connectivity index (χ2n) is 6.14. The number of para-hydroxylation sites is 1. The standard InChI is InChI=1S/C20H21N3O3/c1-26-16-7-8-17(19(24)13-16)20(25)23-10-4-9-22(11-12-23)18-6-3-2-5-15(18)14-21/h2-3,5-8,13,24H,4,9-12H2,1H3. The molecule has 2 aromatic carbocycles. The largest absolute Gasteiger partial charge is 0.507 e. The molecule has 1 heterocycles. The maximum Gasteiger partial charge on any atom is 0.257 e. The Morgan fingerprint density at radius 3 is 2.69 bits per heavy atom. The van der Waals surface area contributed by atoms with E-state index in [9.17, 15) is 15.2 Å². The predicted molar refractivity (Wildman–Crippen MR) is 98.5 cm³/mol. The Morgan fingerprint density at radius 2 is 1.96 bits per heavy atom. The number of phenols is 1. The Balaban J connectivity index is 1.74. The number of nitrogens with zero attached hydrogens (tertiary/aromatic N) is 3. The summed E-state index contributed by atoms with van der Waals surface area (Å²) in [6.45, 7) is 2.55. The van der Waals surface area contributed by atoms with Gasteiger partial charge in [0.25, 0.3) is 5.91 Å². The lowest BCUT2D eigenvalue weighted by Crippen LogP contribution is -2.35. The fourth-order valence-electron chi connectivity index (χ4n) is 3.20. The van der Waals surface area contributed by atoms with Crippen molar-refractivity contribution in [1.29, 1.82) is 5.26 Å². The molecule has 0 unspecified atom stereocenters. The lowest BCUT2D eigenvalue weighted by atomic mass is 10.1. The first-order valence-corrected chi connectivity index (χ1v) is 8.54. The number of benzene rings is 2. The van der Waals surface area contributed by atoms with E-state index in [1.165, 1.54) is 13.2 Å². The van der Waals surface area contributed by atoms with Gasteiger partial charge in [-0.2, -0.15) is 5.26 Å². The van der Waals surface area contributed by atoms with Crippen molar-refractivity contribution in [1.82, 2.24) is 4.90 Å². The SMILES string of the molecule is COc1ccc(C(=O)N2CCCN(c3ccccc3C#N)CC2)c(O)c1. The maximum absolute atomic E-state index is 12.8. The lowest BCUT2D eigenvalue weighted by molar-refractivity contribution is 0.0764. The lowest BCUT2D eigenvalue weighted by Gasteiger charge is -2.24. The summed E-state index contributed by atoms with van der Waals surface area (Å²) in [7, 11) is 1.51. The summed E-state index contributed by atoms with van der Waals surface area (Å²) in [5, 5.41) is 19.4. The van der Waals surface area contributed by atoms with Crippen LogP contribution in [-0.2, 0) is 0 Å². The predicted octanol–water partition coefficient (Wildman–Crippen LogP) is 2.62. The first-order valence-electron chi connectivity index (χ1n) is 8.54. The number of nitriles is 1. The fourth-order valence-corrected chi connectivity index (χ4v) is 3.20. The summed E-state index contributed by atoms with van der Waals surface area (Å²) >= 11 is 0. The molecule has 0 bridgehead atoms. The number of phenolic OH excluding ortho intramolecular Hbond substituents is 1. The van der Waals surface area contributed by atoms with E-state index in [1.807, 2.05) is 18.2 Å². The molecule has 26 heavy (non-hydrogen) atoms. The Kier molecular flexibility index (Phi) is 5.28. The van der Waals surface area contributed by atoms with E-state index >= 15 is 0 Å². The van der Waals surface area contributed by atoms with Gasteiger partial charge >= 0.3 is 0 Å². The van der Waals surface area contributed by atoms with Gasteiger partial charge in [0.2, 0.25) is 0 Å². The highest BCUT2D eigenvalue weighted by molar-refractivity contribution is 5.97. The minimum Gasteiger partial charge on any atom is -0.507 e. The second-order valence-corrected chi connectivity index (χ2v) is 6.14. The molecule has 0 aliphatic carbocycles. The van der Waals surface area contributed by atoms with Crippen molar-refractivity contribution in [3.8, 4) is 17.6 Å². The summed E-state index contributed by atoms with van der Waals surface area (Å²) in [4.78, 5) is 16.7. The molecule has 1 N–H and O–H groups in total. The average molecular weight is 351 g/mol. The van der Waals surface area contributed by atoms with Crippen molar-refractivity contribution in [3.05, 3.63) is 53.6 Å². The first kappa shape index (κ1) is 17.6. The van der Waals surface area contributed by atoms with E-state index in [2.05, 4.69) is 11.0 Å². The number of aromatic hydroxyl groups is 1. The van der Waals surface area contributed by atoms with Gasteiger partial charge in [0.1, 0.15) is 17.6 Å². The highest BCUT2D eigenvalue weighted by Crippen LogP contribution is 2.26. The number of methoxy groups -OCH3 is 1. The van der Waals surface area contributed by atoms with Crippen LogP contribution in [0.1, 0.15) is 22.3 Å². The van der Waals surface area contributed by atoms with Crippen LogP contribution in [-0.4, -0.2) is 49.2 Å². The van der Waals surface area contributed by atoms with Crippen LogP contribution in [0.3, 0.4) is 0 Å². The summed E-state index contributed by atoms with van der Waals surface area (Å²) in [5.41, 5.74) is 1.81. The van der Waals surface area contributed by atoms with Gasteiger partial charge in [-0.3, -0.25) is 4.79 Å². The van der Waals surface area contributed by atoms with E-state index < -0.39 is 0 Å². The van der Waals surface area contributed by atoms with Crippen LogP contribution in [0.5, 0.6) is 11.5 Å². The van der Waals surface area contributed by atoms with E-state index in [4.69, 9.17) is 4.74 Å². The zero-order valence-corrected chi connectivity index (χ0v) is 14.7. The molecule has 0 spiro atoms. The Labute approximate surface area is 152 Å². The Bertz CT molecular complexity index is 844. The van der Waals surface area contributed by atoms with Gasteiger partial charge < -0.3 is 19.6 Å². The molecule has 0 saturated carbocycles. The molecule has 0 aromatic heterocycles. The van der Waals surface area contributed by atoms with Crippen LogP contribution in [0.2, 0.25) is 0 Å². The van der Waals surface area contributed by atoms with Crippen LogP contribution in [0, 0.1) is 11.3 Å². The molecule has 1 fully saturated rings. The smallest absolute Gasteiger partial charge is 0.257 e. The summed E-state index contributed by atoms with van der Waals surface area (Å²) in [6.07, 6.45) is 0.794. The van der Waals surface area contributed by atoms with Crippen molar-refractivity contribution >= 4 is 11.6 Å². The minimum absolute atomic E-state index is 0.0784. The van der Waals surface area contributed by atoms with E-state index in [0.29, 0.717) is 30.9 Å². The Hall–Kier alpha value is -3.20. The number of anilines is 1. The van der Waals surface area contributed by atoms with Gasteiger partial charge in [-0.25, -0.2) is 0 Å². The van der Waals surface area contributed by atoms with Crippen LogP contribution < -0.4 is 9.64 Å². The molecule has 1 amide bonds. The zero-order chi connectivity index (χ0) is 18.5. The molecule has 6 nitrogen and oxygen atoms in total. The van der Waals surface area contributed by atoms with Crippen LogP contribution in [0.25, 0.3) is 0 Å². The fraction of sp³-hybridized carbons (Fsp3) is 0.300. The quantitative estimate of drug-likeness (QED) is 0.920. The molecule has 1 aliphatic heterocycles. The van der Waals surface area contributed by atoms with Gasteiger partial charge in [0, 0.05) is 32.2 Å². The van der Waals surface area contributed by atoms with E-state index in [-0.39, 0.29) is 17.2 Å². The number of carbonyl (C=O) groups is 1. The second kappa shape index (κ2) is 7.79. The molecule has 3 rings (SSSR count). The summed E-state index contributed by atoms with van der Waals surface area (Å²) in [6, 6.07) is 14.4. The van der Waals surface area contributed by atoms with Crippen LogP contribution in [0.15, 0.2) is 42.5 Å². The van der Waals surface area contributed by atoms with Crippen molar-refractivity contribution < 1.29 is 14.6 Å². The van der Waals surface area contributed by atoms with Crippen LogP contribution >= 0.6 is 0 Å². The van der Waals surface area contributed by atoms with E-state index in [0.717, 1.165) is 18.7 Å². The first-order chi connectivity index (χ1) is 12.6. The number of carbonyl (C=O) groups excluding carboxylic acids is 1. The maximum atomic E-state index is 12.8. The molecule has 6 heteroatoms. The third kappa shape index (κ3) is 3.57. The highest BCUT2D eigenvalue weighted by atomic mass is 16.5. The molecular formula is C20H21N3O3. The molecular weight excluding hydrogens is 330 g/mol. The topological polar surface area (TPSA) is 76.8 Å². The highest BCUT2D eigenvalue weighted by Gasteiger charge is 2.23. The van der Waals surface area contributed by atoms with E-state index in [1.54, 1.807) is 23.1 Å². The normalized spacial score (nSPS) is 14.5. The van der Waals surface area contributed by atoms with Gasteiger partial charge in [-0.15, -0.1) is 0 Å². The van der Waals surface area contributed by atoms with Crippen molar-refractivity contribution in [2.24, 2.45) is 0 Å². The number of hydrogen-bond acceptors (Lipinski definition) is 5. The number of rotatable bonds is 3. The van der Waals surface area contributed by atoms with Gasteiger partial charge in [-0.1, -0.05) is 12.1 Å². The summed E-state index contributed by atoms with van der Waals surface area (Å²) < 4.78 is 5.06. The van der Waals surface area contributed by atoms with Crippen molar-refractivity contribution in [2.75, 3.05) is 38.2 Å².